The van der Waals surface area contributed by atoms with Crippen molar-refractivity contribution in [3.8, 4) is 0 Å². The van der Waals surface area contributed by atoms with E-state index in [1.54, 1.807) is 18.2 Å². The number of hydrogen-bond donors (Lipinski definition) is 2. The Morgan fingerprint density at radius 3 is 2.73 bits per heavy atom. The Kier molecular flexibility index (Phi) is 5.70. The first-order chi connectivity index (χ1) is 12.4. The summed E-state index contributed by atoms with van der Waals surface area (Å²) in [5, 5.41) is 7.24. The van der Waals surface area contributed by atoms with E-state index in [1.165, 1.54) is 11.6 Å². The highest BCUT2D eigenvalue weighted by atomic mass is 35.5. The second-order valence-electron chi connectivity index (χ2n) is 5.94. The molecule has 0 bridgehead atoms. The molecule has 26 heavy (non-hydrogen) atoms. The predicted molar refractivity (Wildman–Crippen MR) is 101 cm³/mol. The minimum atomic E-state index is -3.66. The first-order valence-electron chi connectivity index (χ1n) is 8.14. The summed E-state index contributed by atoms with van der Waals surface area (Å²) in [6, 6.07) is 14.5. The lowest BCUT2D eigenvalue weighted by molar-refractivity contribution is 0.581. The number of benzene rings is 2. The van der Waals surface area contributed by atoms with Gasteiger partial charge in [-0.3, -0.25) is 5.10 Å². The van der Waals surface area contributed by atoms with Crippen molar-refractivity contribution in [3.63, 3.8) is 0 Å². The summed E-state index contributed by atoms with van der Waals surface area (Å²) >= 11 is 5.95. The molecule has 0 spiro atoms. The molecule has 2 N–H and O–H groups in total. The molecular weight excluding hydrogens is 372 g/mol. The molecular formula is C18H19ClN4O2S. The van der Waals surface area contributed by atoms with E-state index in [-0.39, 0.29) is 16.5 Å². The van der Waals surface area contributed by atoms with Crippen molar-refractivity contribution in [2.75, 3.05) is 6.54 Å². The Balaban J connectivity index is 1.58. The zero-order valence-corrected chi connectivity index (χ0v) is 15.8. The van der Waals surface area contributed by atoms with Crippen LogP contribution in [0.4, 0.5) is 0 Å². The summed E-state index contributed by atoms with van der Waals surface area (Å²) in [4.78, 5) is 4.48. The molecule has 0 radical (unpaired) electrons. The Morgan fingerprint density at radius 2 is 1.96 bits per heavy atom. The zero-order chi connectivity index (χ0) is 18.6. The van der Waals surface area contributed by atoms with Gasteiger partial charge in [-0.1, -0.05) is 53.6 Å². The van der Waals surface area contributed by atoms with Gasteiger partial charge in [0.1, 0.15) is 10.7 Å². The molecule has 0 saturated heterocycles. The third-order valence-electron chi connectivity index (χ3n) is 3.80. The molecule has 1 heterocycles. The van der Waals surface area contributed by atoms with E-state index >= 15 is 0 Å². The van der Waals surface area contributed by atoms with E-state index in [9.17, 15) is 8.42 Å². The average Bonchev–Trinajstić information content (AvgIpc) is 3.02. The van der Waals surface area contributed by atoms with Crippen LogP contribution in [0.2, 0.25) is 5.02 Å². The first kappa shape index (κ1) is 18.6. The van der Waals surface area contributed by atoms with Crippen LogP contribution in [-0.2, 0) is 22.9 Å². The topological polar surface area (TPSA) is 87.7 Å². The average molecular weight is 391 g/mol. The molecule has 3 rings (SSSR count). The molecule has 0 aliphatic carbocycles. The van der Waals surface area contributed by atoms with Gasteiger partial charge in [0, 0.05) is 19.4 Å². The van der Waals surface area contributed by atoms with Crippen LogP contribution in [0.15, 0.2) is 53.4 Å². The van der Waals surface area contributed by atoms with Gasteiger partial charge in [0.05, 0.1) is 5.02 Å². The van der Waals surface area contributed by atoms with Gasteiger partial charge < -0.3 is 0 Å². The number of hydrogen-bond acceptors (Lipinski definition) is 4. The number of aromatic amines is 1. The smallest absolute Gasteiger partial charge is 0.242 e. The highest BCUT2D eigenvalue weighted by Crippen LogP contribution is 2.20. The minimum absolute atomic E-state index is 0.0665. The summed E-state index contributed by atoms with van der Waals surface area (Å²) in [5.74, 6) is 1.31. The summed E-state index contributed by atoms with van der Waals surface area (Å²) < 4.78 is 27.1. The van der Waals surface area contributed by atoms with Gasteiger partial charge in [0.2, 0.25) is 10.0 Å². The second kappa shape index (κ2) is 7.99. The highest BCUT2D eigenvalue weighted by molar-refractivity contribution is 7.89. The van der Waals surface area contributed by atoms with Gasteiger partial charge in [-0.05, 0) is 24.6 Å². The molecule has 0 aliphatic heterocycles. The maximum absolute atomic E-state index is 12.3. The van der Waals surface area contributed by atoms with E-state index in [2.05, 4.69) is 26.0 Å². The maximum Gasteiger partial charge on any atom is 0.242 e. The normalized spacial score (nSPS) is 11.6. The molecule has 0 atom stereocenters. The lowest BCUT2D eigenvalue weighted by atomic mass is 10.1. The van der Waals surface area contributed by atoms with Crippen LogP contribution in [0.3, 0.4) is 0 Å². The molecule has 2 aromatic carbocycles. The number of aromatic nitrogens is 3. The van der Waals surface area contributed by atoms with E-state index in [0.717, 1.165) is 11.4 Å². The van der Waals surface area contributed by atoms with Gasteiger partial charge in [-0.15, -0.1) is 0 Å². The molecule has 8 heteroatoms. The fourth-order valence-corrected chi connectivity index (χ4v) is 4.13. The first-order valence-corrected chi connectivity index (χ1v) is 10.00. The van der Waals surface area contributed by atoms with Gasteiger partial charge in [0.15, 0.2) is 5.82 Å². The van der Waals surface area contributed by atoms with Gasteiger partial charge in [0.25, 0.3) is 0 Å². The highest BCUT2D eigenvalue weighted by Gasteiger charge is 2.17. The molecule has 0 amide bonds. The summed E-state index contributed by atoms with van der Waals surface area (Å²) in [5.41, 5.74) is 2.34. The maximum atomic E-state index is 12.3. The Morgan fingerprint density at radius 1 is 1.15 bits per heavy atom. The Bertz CT molecular complexity index is 1000. The molecule has 1 aromatic heterocycles. The van der Waals surface area contributed by atoms with Gasteiger partial charge in [-0.25, -0.2) is 18.1 Å². The molecule has 0 unspecified atom stereocenters. The molecule has 3 aromatic rings. The SMILES string of the molecule is Cc1cccc(Cc2nc(CCNS(=O)(=O)c3ccccc3Cl)n[nH]2)c1. The number of halogens is 1. The van der Waals surface area contributed by atoms with Crippen molar-refractivity contribution in [2.24, 2.45) is 0 Å². The van der Waals surface area contributed by atoms with Crippen LogP contribution in [0.1, 0.15) is 22.8 Å². The van der Waals surface area contributed by atoms with Crippen molar-refractivity contribution < 1.29 is 8.42 Å². The fraction of sp³-hybridized carbons (Fsp3) is 0.222. The number of H-pyrrole nitrogens is 1. The van der Waals surface area contributed by atoms with Crippen molar-refractivity contribution in [1.29, 1.82) is 0 Å². The molecule has 0 saturated carbocycles. The molecule has 0 aliphatic rings. The summed E-state index contributed by atoms with van der Waals surface area (Å²) in [6.45, 7) is 2.23. The quantitative estimate of drug-likeness (QED) is 0.649. The second-order valence-corrected chi connectivity index (χ2v) is 8.08. The number of nitrogens with one attached hydrogen (secondary N) is 2. The third kappa shape index (κ3) is 4.69. The van der Waals surface area contributed by atoms with Crippen LogP contribution < -0.4 is 4.72 Å². The number of rotatable bonds is 7. The minimum Gasteiger partial charge on any atom is -0.263 e. The number of sulfonamides is 1. The predicted octanol–water partition coefficient (Wildman–Crippen LogP) is 2.88. The van der Waals surface area contributed by atoms with Crippen LogP contribution in [-0.4, -0.2) is 30.1 Å². The van der Waals surface area contributed by atoms with E-state index < -0.39 is 10.0 Å². The van der Waals surface area contributed by atoms with Gasteiger partial charge >= 0.3 is 0 Å². The van der Waals surface area contributed by atoms with E-state index in [1.807, 2.05) is 25.1 Å². The standard InChI is InChI=1S/C18H19ClN4O2S/c1-13-5-4-6-14(11-13)12-18-21-17(22-23-18)9-10-20-26(24,25)16-8-3-2-7-15(16)19/h2-8,11,20H,9-10,12H2,1H3,(H,21,22,23). The zero-order valence-electron chi connectivity index (χ0n) is 14.2. The van der Waals surface area contributed by atoms with Crippen LogP contribution in [0.5, 0.6) is 0 Å². The van der Waals surface area contributed by atoms with E-state index in [0.29, 0.717) is 18.7 Å². The largest absolute Gasteiger partial charge is 0.263 e. The van der Waals surface area contributed by atoms with Crippen LogP contribution >= 0.6 is 11.6 Å². The lowest BCUT2D eigenvalue weighted by Crippen LogP contribution is -2.26. The Labute approximate surface area is 157 Å². The molecule has 0 fully saturated rings. The summed E-state index contributed by atoms with van der Waals surface area (Å²) in [7, 11) is -3.66. The van der Waals surface area contributed by atoms with Crippen LogP contribution in [0, 0.1) is 6.92 Å². The molecule has 6 nitrogen and oxygen atoms in total. The van der Waals surface area contributed by atoms with Crippen molar-refractivity contribution >= 4 is 21.6 Å². The van der Waals surface area contributed by atoms with Crippen LogP contribution in [0.25, 0.3) is 0 Å². The van der Waals surface area contributed by atoms with Crippen molar-refractivity contribution in [1.82, 2.24) is 19.9 Å². The summed E-state index contributed by atoms with van der Waals surface area (Å²) in [6.07, 6.45) is 1.04. The third-order valence-corrected chi connectivity index (χ3v) is 5.76. The fourth-order valence-electron chi connectivity index (χ4n) is 2.58. The molecule has 136 valence electrons. The van der Waals surface area contributed by atoms with Crippen molar-refractivity contribution in [3.05, 3.63) is 76.3 Å². The van der Waals surface area contributed by atoms with Crippen molar-refractivity contribution in [2.45, 2.75) is 24.7 Å². The van der Waals surface area contributed by atoms with E-state index in [4.69, 9.17) is 11.6 Å². The number of aryl methyl sites for hydroxylation is 1. The Hall–Kier alpha value is -2.22. The lowest BCUT2D eigenvalue weighted by Gasteiger charge is -2.07. The monoisotopic (exact) mass is 390 g/mol. The van der Waals surface area contributed by atoms with Gasteiger partial charge in [-0.2, -0.15) is 5.10 Å². The number of nitrogens with zero attached hydrogens (tertiary/aromatic N) is 2.